The number of pyridine rings is 1. The number of aliphatic hydroxyl groups excluding tert-OH is 1. The van der Waals surface area contributed by atoms with Gasteiger partial charge in [0.05, 0.1) is 12.2 Å². The molecule has 0 bridgehead atoms. The fourth-order valence-electron chi connectivity index (χ4n) is 1.53. The van der Waals surface area contributed by atoms with Gasteiger partial charge in [-0.15, -0.1) is 0 Å². The molecule has 0 aliphatic rings. The molecule has 0 aliphatic heterocycles. The van der Waals surface area contributed by atoms with Gasteiger partial charge in [0, 0.05) is 18.8 Å². The number of aromatic nitrogens is 1. The van der Waals surface area contributed by atoms with Gasteiger partial charge in [-0.05, 0) is 26.0 Å². The normalized spacial score (nSPS) is 12.1. The number of aliphatic hydroxyl groups is 1. The third-order valence-corrected chi connectivity index (χ3v) is 4.44. The van der Waals surface area contributed by atoms with Gasteiger partial charge < -0.3 is 10.2 Å². The summed E-state index contributed by atoms with van der Waals surface area (Å²) in [5.41, 5.74) is -0.0859. The molecule has 0 amide bonds. The van der Waals surface area contributed by atoms with Gasteiger partial charge in [-0.2, -0.15) is 4.31 Å². The van der Waals surface area contributed by atoms with E-state index in [4.69, 9.17) is 10.2 Å². The van der Waals surface area contributed by atoms with Gasteiger partial charge in [0.15, 0.2) is 5.03 Å². The van der Waals surface area contributed by atoms with Gasteiger partial charge in [-0.3, -0.25) is 0 Å². The zero-order valence-corrected chi connectivity index (χ0v) is 11.5. The highest BCUT2D eigenvalue weighted by Crippen LogP contribution is 2.16. The molecule has 8 heteroatoms. The molecule has 1 aromatic rings. The van der Waals surface area contributed by atoms with Crippen molar-refractivity contribution in [3.05, 3.63) is 23.9 Å². The van der Waals surface area contributed by atoms with Crippen LogP contribution in [0, 0.1) is 0 Å². The number of carboxylic acids is 1. The van der Waals surface area contributed by atoms with Crippen LogP contribution in [0.5, 0.6) is 0 Å². The molecule has 0 radical (unpaired) electrons. The number of sulfonamides is 1. The number of nitrogens with zero attached hydrogens (tertiary/aromatic N) is 2. The molecule has 1 heterocycles. The summed E-state index contributed by atoms with van der Waals surface area (Å²) in [5.74, 6) is -1.17. The molecule has 0 aromatic carbocycles. The van der Waals surface area contributed by atoms with Crippen LogP contribution in [0.4, 0.5) is 0 Å². The highest BCUT2D eigenvalue weighted by atomic mass is 32.2. The van der Waals surface area contributed by atoms with E-state index in [1.165, 1.54) is 6.07 Å². The van der Waals surface area contributed by atoms with Crippen molar-refractivity contribution in [1.82, 2.24) is 9.29 Å². The number of carbonyl (C=O) groups is 1. The maximum Gasteiger partial charge on any atom is 0.337 e. The van der Waals surface area contributed by atoms with E-state index in [9.17, 15) is 13.2 Å². The SMILES string of the molecule is CC(C)N(CCO)S(=O)(=O)c1ccc(C(=O)O)cn1. The molecular weight excluding hydrogens is 272 g/mol. The Hall–Kier alpha value is -1.51. The highest BCUT2D eigenvalue weighted by Gasteiger charge is 2.27. The minimum Gasteiger partial charge on any atom is -0.478 e. The summed E-state index contributed by atoms with van der Waals surface area (Å²) in [5, 5.41) is 17.4. The van der Waals surface area contributed by atoms with Crippen molar-refractivity contribution in [2.45, 2.75) is 24.9 Å². The predicted octanol–water partition coefficient (Wildman–Crippen LogP) is 0.171. The Morgan fingerprint density at radius 1 is 1.42 bits per heavy atom. The third kappa shape index (κ3) is 3.49. The zero-order valence-electron chi connectivity index (χ0n) is 10.6. The van der Waals surface area contributed by atoms with Crippen molar-refractivity contribution in [2.75, 3.05) is 13.2 Å². The van der Waals surface area contributed by atoms with E-state index in [0.29, 0.717) is 0 Å². The quantitative estimate of drug-likeness (QED) is 0.772. The predicted molar refractivity (Wildman–Crippen MR) is 67.3 cm³/mol. The van der Waals surface area contributed by atoms with Crippen LogP contribution in [0.2, 0.25) is 0 Å². The first-order valence-corrected chi connectivity index (χ1v) is 7.06. The summed E-state index contributed by atoms with van der Waals surface area (Å²) in [6.45, 7) is 3.02. The standard InChI is InChI=1S/C11H16N2O5S/c1-8(2)13(5-6-14)19(17,18)10-4-3-9(7-12-10)11(15)16/h3-4,7-8,14H,5-6H2,1-2H3,(H,15,16). The van der Waals surface area contributed by atoms with Crippen LogP contribution in [0.3, 0.4) is 0 Å². The molecule has 106 valence electrons. The van der Waals surface area contributed by atoms with Crippen molar-refractivity contribution < 1.29 is 23.4 Å². The van der Waals surface area contributed by atoms with Crippen LogP contribution in [0.25, 0.3) is 0 Å². The van der Waals surface area contributed by atoms with Gasteiger partial charge in [0.2, 0.25) is 0 Å². The third-order valence-electron chi connectivity index (χ3n) is 2.45. The number of carboxylic acid groups (broad SMARTS) is 1. The second-order valence-electron chi connectivity index (χ2n) is 4.12. The first-order chi connectivity index (χ1) is 8.80. The molecule has 19 heavy (non-hydrogen) atoms. The smallest absolute Gasteiger partial charge is 0.337 e. The van der Waals surface area contributed by atoms with Crippen molar-refractivity contribution >= 4 is 16.0 Å². The molecule has 0 saturated heterocycles. The van der Waals surface area contributed by atoms with Gasteiger partial charge >= 0.3 is 5.97 Å². The summed E-state index contributed by atoms with van der Waals surface area (Å²) in [6, 6.07) is 1.99. The average molecular weight is 288 g/mol. The van der Waals surface area contributed by atoms with E-state index < -0.39 is 16.0 Å². The van der Waals surface area contributed by atoms with E-state index in [0.717, 1.165) is 16.6 Å². The Bertz CT molecular complexity index is 539. The fourth-order valence-corrected chi connectivity index (χ4v) is 3.08. The fraction of sp³-hybridized carbons (Fsp3) is 0.455. The lowest BCUT2D eigenvalue weighted by Crippen LogP contribution is -2.39. The molecule has 0 aliphatic carbocycles. The number of rotatable bonds is 6. The first-order valence-electron chi connectivity index (χ1n) is 5.62. The van der Waals surface area contributed by atoms with Gasteiger partial charge in [-0.1, -0.05) is 0 Å². The van der Waals surface area contributed by atoms with Crippen LogP contribution in [-0.4, -0.2) is 53.1 Å². The molecule has 1 aromatic heterocycles. The molecule has 0 unspecified atom stereocenters. The van der Waals surface area contributed by atoms with Gasteiger partial charge in [0.1, 0.15) is 0 Å². The van der Waals surface area contributed by atoms with E-state index >= 15 is 0 Å². The Labute approximate surface area is 111 Å². The average Bonchev–Trinajstić information content (AvgIpc) is 2.35. The summed E-state index contributed by atoms with van der Waals surface area (Å²) in [7, 11) is -3.84. The highest BCUT2D eigenvalue weighted by molar-refractivity contribution is 7.89. The van der Waals surface area contributed by atoms with Crippen LogP contribution >= 0.6 is 0 Å². The summed E-state index contributed by atoms with van der Waals surface area (Å²) >= 11 is 0. The number of hydrogen-bond donors (Lipinski definition) is 2. The Kier molecular flexibility index (Phi) is 4.98. The summed E-state index contributed by atoms with van der Waals surface area (Å²) in [4.78, 5) is 14.3. The van der Waals surface area contributed by atoms with E-state index in [2.05, 4.69) is 4.98 Å². The largest absolute Gasteiger partial charge is 0.478 e. The van der Waals surface area contributed by atoms with Crippen molar-refractivity contribution in [3.63, 3.8) is 0 Å². The lowest BCUT2D eigenvalue weighted by molar-refractivity contribution is 0.0696. The van der Waals surface area contributed by atoms with E-state index in [1.807, 2.05) is 0 Å². The van der Waals surface area contributed by atoms with Gasteiger partial charge in [0.25, 0.3) is 10.0 Å². The van der Waals surface area contributed by atoms with E-state index in [-0.39, 0.29) is 29.8 Å². The molecule has 0 spiro atoms. The second kappa shape index (κ2) is 6.09. The zero-order chi connectivity index (χ0) is 14.6. The molecule has 1 rings (SSSR count). The van der Waals surface area contributed by atoms with Gasteiger partial charge in [-0.25, -0.2) is 18.2 Å². The molecule has 7 nitrogen and oxygen atoms in total. The van der Waals surface area contributed by atoms with Crippen LogP contribution in [-0.2, 0) is 10.0 Å². The summed E-state index contributed by atoms with van der Waals surface area (Å²) in [6.07, 6.45) is 0.993. The van der Waals surface area contributed by atoms with Crippen LogP contribution in [0.15, 0.2) is 23.4 Å². The van der Waals surface area contributed by atoms with Crippen LogP contribution in [0.1, 0.15) is 24.2 Å². The number of aromatic carboxylic acids is 1. The molecule has 2 N–H and O–H groups in total. The Morgan fingerprint density at radius 3 is 2.42 bits per heavy atom. The molecular formula is C11H16N2O5S. The Morgan fingerprint density at radius 2 is 2.05 bits per heavy atom. The molecule has 0 fully saturated rings. The first kappa shape index (κ1) is 15.5. The van der Waals surface area contributed by atoms with Crippen LogP contribution < -0.4 is 0 Å². The minimum absolute atomic E-state index is 0.0393. The maximum atomic E-state index is 12.2. The summed E-state index contributed by atoms with van der Waals surface area (Å²) < 4.78 is 25.6. The molecule has 0 saturated carbocycles. The second-order valence-corrected chi connectivity index (χ2v) is 5.96. The lowest BCUT2D eigenvalue weighted by atomic mass is 10.3. The maximum absolute atomic E-state index is 12.2. The van der Waals surface area contributed by atoms with E-state index in [1.54, 1.807) is 13.8 Å². The number of hydrogen-bond acceptors (Lipinski definition) is 5. The Balaban J connectivity index is 3.14. The van der Waals surface area contributed by atoms with Crippen molar-refractivity contribution in [3.8, 4) is 0 Å². The molecule has 0 atom stereocenters. The monoisotopic (exact) mass is 288 g/mol. The minimum atomic E-state index is -3.84. The topological polar surface area (TPSA) is 108 Å². The van der Waals surface area contributed by atoms with Crippen molar-refractivity contribution in [2.24, 2.45) is 0 Å². The lowest BCUT2D eigenvalue weighted by Gasteiger charge is -2.24. The van der Waals surface area contributed by atoms with Crippen molar-refractivity contribution in [1.29, 1.82) is 0 Å².